The summed E-state index contributed by atoms with van der Waals surface area (Å²) in [5.41, 5.74) is -1.42. The van der Waals surface area contributed by atoms with Gasteiger partial charge in [0.15, 0.2) is 0 Å². The Bertz CT molecular complexity index is 382. The van der Waals surface area contributed by atoms with Gasteiger partial charge in [-0.15, -0.1) is 24.8 Å². The van der Waals surface area contributed by atoms with Gasteiger partial charge in [-0.3, -0.25) is 10.1 Å². The first kappa shape index (κ1) is 17.5. The van der Waals surface area contributed by atoms with E-state index in [-0.39, 0.29) is 24.8 Å². The molecule has 1 aromatic carbocycles. The third-order valence-corrected chi connectivity index (χ3v) is 1.62. The summed E-state index contributed by atoms with van der Waals surface area (Å²) in [6.07, 6.45) is 0. The molecule has 0 amide bonds. The average molecular weight is 284 g/mol. The van der Waals surface area contributed by atoms with E-state index in [1.54, 1.807) is 0 Å². The van der Waals surface area contributed by atoms with Gasteiger partial charge in [0.25, 0.3) is 5.69 Å². The smallest absolute Gasteiger partial charge is 0.335 e. The van der Waals surface area contributed by atoms with Gasteiger partial charge in [-0.05, 0) is 6.07 Å². The number of aromatic carboxylic acids is 2. The highest BCUT2D eigenvalue weighted by molar-refractivity contribution is 5.94. The molecule has 0 bridgehead atoms. The first-order chi connectivity index (χ1) is 6.91. The summed E-state index contributed by atoms with van der Waals surface area (Å²) >= 11 is 0. The van der Waals surface area contributed by atoms with Gasteiger partial charge in [-0.25, -0.2) is 9.59 Å². The highest BCUT2D eigenvalue weighted by atomic mass is 35.5. The van der Waals surface area contributed by atoms with Gasteiger partial charge >= 0.3 is 11.9 Å². The maximum atomic E-state index is 10.5. The van der Waals surface area contributed by atoms with Crippen molar-refractivity contribution in [2.75, 3.05) is 0 Å². The number of nitrogens with zero attached hydrogens (tertiary/aromatic N) is 1. The number of hydrogen-bond donors (Lipinski definition) is 2. The lowest BCUT2D eigenvalue weighted by Gasteiger charge is -1.98. The van der Waals surface area contributed by atoms with Gasteiger partial charge in [0, 0.05) is 12.1 Å². The van der Waals surface area contributed by atoms with E-state index in [1.165, 1.54) is 0 Å². The van der Waals surface area contributed by atoms with Crippen molar-refractivity contribution in [2.24, 2.45) is 0 Å². The van der Waals surface area contributed by atoms with Gasteiger partial charge in [0.2, 0.25) is 0 Å². The summed E-state index contributed by atoms with van der Waals surface area (Å²) in [4.78, 5) is 30.6. The van der Waals surface area contributed by atoms with Crippen LogP contribution in [0.2, 0.25) is 0 Å². The van der Waals surface area contributed by atoms with Crippen molar-refractivity contribution >= 4 is 42.4 Å². The Morgan fingerprint density at radius 3 is 1.59 bits per heavy atom. The summed E-state index contributed by atoms with van der Waals surface area (Å²) in [6.45, 7) is 0. The maximum absolute atomic E-state index is 10.5. The van der Waals surface area contributed by atoms with Crippen LogP contribution in [0, 0.1) is 10.1 Å². The lowest BCUT2D eigenvalue weighted by Crippen LogP contribution is -2.04. The minimum atomic E-state index is -1.42. The molecule has 0 saturated heterocycles. The van der Waals surface area contributed by atoms with E-state index in [0.717, 1.165) is 18.2 Å². The molecule has 0 heterocycles. The van der Waals surface area contributed by atoms with Crippen LogP contribution in [0.4, 0.5) is 5.69 Å². The molecule has 94 valence electrons. The van der Waals surface area contributed by atoms with E-state index in [2.05, 4.69) is 0 Å². The molecule has 0 aliphatic heterocycles. The quantitative estimate of drug-likeness (QED) is 0.645. The zero-order valence-corrected chi connectivity index (χ0v) is 9.66. The molecule has 0 fully saturated rings. The van der Waals surface area contributed by atoms with E-state index in [1.807, 2.05) is 0 Å². The van der Waals surface area contributed by atoms with Gasteiger partial charge in [-0.1, -0.05) is 0 Å². The van der Waals surface area contributed by atoms with Crippen molar-refractivity contribution in [1.29, 1.82) is 0 Å². The number of carbonyl (C=O) groups is 2. The predicted octanol–water partition coefficient (Wildman–Crippen LogP) is 1.83. The van der Waals surface area contributed by atoms with Gasteiger partial charge in [-0.2, -0.15) is 0 Å². The highest BCUT2D eigenvalue weighted by Gasteiger charge is 2.16. The number of carboxylic acid groups (broad SMARTS) is 2. The molecule has 0 aromatic heterocycles. The molecule has 17 heavy (non-hydrogen) atoms. The molecule has 0 atom stereocenters. The average Bonchev–Trinajstić information content (AvgIpc) is 2.16. The number of halogens is 2. The van der Waals surface area contributed by atoms with Gasteiger partial charge in [0.1, 0.15) is 0 Å². The van der Waals surface area contributed by atoms with Crippen LogP contribution in [-0.4, -0.2) is 27.1 Å². The fourth-order valence-corrected chi connectivity index (χ4v) is 0.964. The monoisotopic (exact) mass is 283 g/mol. The number of non-ortho nitro benzene ring substituents is 1. The predicted molar refractivity (Wildman–Crippen MR) is 61.5 cm³/mol. The number of carboxylic acids is 2. The highest BCUT2D eigenvalue weighted by Crippen LogP contribution is 2.17. The Hall–Kier alpha value is -1.86. The van der Waals surface area contributed by atoms with Crippen LogP contribution in [0.5, 0.6) is 0 Å². The molecule has 0 saturated carbocycles. The molecule has 1 rings (SSSR count). The molecule has 2 N–H and O–H groups in total. The van der Waals surface area contributed by atoms with Gasteiger partial charge < -0.3 is 10.2 Å². The van der Waals surface area contributed by atoms with Crippen LogP contribution in [0.15, 0.2) is 18.2 Å². The first-order valence-electron chi connectivity index (χ1n) is 3.68. The van der Waals surface area contributed by atoms with Crippen LogP contribution in [0.25, 0.3) is 0 Å². The summed E-state index contributed by atoms with van der Waals surface area (Å²) in [6, 6.07) is 2.46. The Kier molecular flexibility index (Phi) is 6.87. The summed E-state index contributed by atoms with van der Waals surface area (Å²) in [5.74, 6) is -2.83. The molecule has 0 aliphatic carbocycles. The van der Waals surface area contributed by atoms with Crippen molar-refractivity contribution in [1.82, 2.24) is 0 Å². The maximum Gasteiger partial charge on any atom is 0.335 e. The zero-order chi connectivity index (χ0) is 11.6. The minimum absolute atomic E-state index is 0. The lowest BCUT2D eigenvalue weighted by atomic mass is 10.1. The van der Waals surface area contributed by atoms with E-state index in [0.29, 0.717) is 0 Å². The first-order valence-corrected chi connectivity index (χ1v) is 3.68. The SMILES string of the molecule is Cl.Cl.O=C(O)c1cc(C(=O)O)cc([N+](=O)[O-])c1. The second-order valence-electron chi connectivity index (χ2n) is 2.64. The number of nitro groups is 1. The molecule has 1 aromatic rings. The molecule has 9 heteroatoms. The molecule has 0 radical (unpaired) electrons. The fraction of sp³-hybridized carbons (Fsp3) is 0. The van der Waals surface area contributed by atoms with Crippen molar-refractivity contribution in [2.45, 2.75) is 0 Å². The molecule has 0 spiro atoms. The van der Waals surface area contributed by atoms with Crippen LogP contribution in [0.3, 0.4) is 0 Å². The van der Waals surface area contributed by atoms with Crippen molar-refractivity contribution in [3.63, 3.8) is 0 Å². The molecule has 7 nitrogen and oxygen atoms in total. The largest absolute Gasteiger partial charge is 0.478 e. The number of rotatable bonds is 3. The Balaban J connectivity index is 0. The van der Waals surface area contributed by atoms with Gasteiger partial charge in [0.05, 0.1) is 16.1 Å². The second-order valence-corrected chi connectivity index (χ2v) is 2.64. The lowest BCUT2D eigenvalue weighted by molar-refractivity contribution is -0.384. The topological polar surface area (TPSA) is 118 Å². The normalized spacial score (nSPS) is 8.47. The van der Waals surface area contributed by atoms with E-state index < -0.39 is 33.7 Å². The second kappa shape index (κ2) is 6.66. The molecule has 0 aliphatic rings. The Morgan fingerprint density at radius 1 is 1.00 bits per heavy atom. The van der Waals surface area contributed by atoms with Crippen molar-refractivity contribution in [3.05, 3.63) is 39.4 Å². The molecule has 0 unspecified atom stereocenters. The zero-order valence-electron chi connectivity index (χ0n) is 8.02. The summed E-state index contributed by atoms with van der Waals surface area (Å²) in [7, 11) is 0. The fourth-order valence-electron chi connectivity index (χ4n) is 0.964. The third kappa shape index (κ3) is 4.25. The third-order valence-electron chi connectivity index (χ3n) is 1.62. The Morgan fingerprint density at radius 2 is 1.35 bits per heavy atom. The number of nitro benzene ring substituents is 1. The van der Waals surface area contributed by atoms with Crippen molar-refractivity contribution < 1.29 is 24.7 Å². The van der Waals surface area contributed by atoms with Crippen LogP contribution < -0.4 is 0 Å². The molecular formula is C8H7Cl2NO6. The summed E-state index contributed by atoms with van der Waals surface area (Å²) in [5, 5.41) is 27.5. The van der Waals surface area contributed by atoms with E-state index in [9.17, 15) is 19.7 Å². The van der Waals surface area contributed by atoms with E-state index >= 15 is 0 Å². The van der Waals surface area contributed by atoms with Crippen LogP contribution in [-0.2, 0) is 0 Å². The van der Waals surface area contributed by atoms with Crippen LogP contribution >= 0.6 is 24.8 Å². The van der Waals surface area contributed by atoms with E-state index in [4.69, 9.17) is 10.2 Å². The van der Waals surface area contributed by atoms with Crippen LogP contribution in [0.1, 0.15) is 20.7 Å². The minimum Gasteiger partial charge on any atom is -0.478 e. The number of benzene rings is 1. The summed E-state index contributed by atoms with van der Waals surface area (Å²) < 4.78 is 0. The molecular weight excluding hydrogens is 277 g/mol. The standard InChI is InChI=1S/C8H5NO6.2ClH/c10-7(11)4-1-5(8(12)13)3-6(2-4)9(14)15;;/h1-3H,(H,10,11)(H,12,13);2*1H. The Labute approximate surface area is 107 Å². The van der Waals surface area contributed by atoms with Crippen molar-refractivity contribution in [3.8, 4) is 0 Å². The number of hydrogen-bond acceptors (Lipinski definition) is 4.